The molecule has 0 unspecified atom stereocenters. The monoisotopic (exact) mass is 699 g/mol. The SMILES string of the molecule is COc1cc([N+](=O)[O-])c(S(=O)(=O)O)cc1N1N=C(C(=O)Nc2ccccc2)NN1c1cc(S(=O)(=O)O)c([N+](=O)[O-])cc1OC.[Na+].[Na+]. The van der Waals surface area contributed by atoms with Crippen LogP contribution in [0.2, 0.25) is 0 Å². The summed E-state index contributed by atoms with van der Waals surface area (Å²) in [6.45, 7) is 0. The van der Waals surface area contributed by atoms with Crippen LogP contribution in [0.1, 0.15) is 0 Å². The van der Waals surface area contributed by atoms with Crippen molar-refractivity contribution in [1.29, 1.82) is 0 Å². The van der Waals surface area contributed by atoms with E-state index in [0.717, 1.165) is 19.3 Å². The summed E-state index contributed by atoms with van der Waals surface area (Å²) in [4.78, 5) is 31.6. The van der Waals surface area contributed by atoms with Gasteiger partial charge in [0, 0.05) is 5.69 Å². The molecular weight excluding hydrogens is 680 g/mol. The van der Waals surface area contributed by atoms with Gasteiger partial charge in [-0.2, -0.15) is 22.0 Å². The standard InChI is InChI=1S/C22H19N7O13S2.2Na/c1-41-17-8-15(28(31)32)19(43(35,36)37)10-13(17)26-24-21(22(30)23-12-6-4-3-5-7-12)25-27(26)14-11-20(44(38,39)40)16(29(33)34)9-18(14)42-2;;/h3-11H,1-2H3,(H,23,30)(H,24,25)(H,35,36,37)(H,38,39,40);;/q;2*+1. The van der Waals surface area contributed by atoms with E-state index in [0.29, 0.717) is 35.1 Å². The number of hydrogen-bond acceptors (Lipinski definition) is 15. The first-order valence-corrected chi connectivity index (χ1v) is 14.4. The Morgan fingerprint density at radius 1 is 0.848 bits per heavy atom. The minimum atomic E-state index is -5.26. The van der Waals surface area contributed by atoms with Gasteiger partial charge in [0.05, 0.1) is 36.2 Å². The molecule has 3 aromatic carbocycles. The number of carbonyl (C=O) groups excluding carboxylic acids is 1. The van der Waals surface area contributed by atoms with Crippen molar-refractivity contribution in [3.05, 3.63) is 74.8 Å². The molecule has 0 saturated carbocycles. The maximum Gasteiger partial charge on any atom is 1.00 e. The van der Waals surface area contributed by atoms with Gasteiger partial charge >= 0.3 is 79.4 Å². The number of amides is 1. The number of amidine groups is 1. The third-order valence-electron chi connectivity index (χ3n) is 5.76. The maximum absolute atomic E-state index is 13.1. The maximum atomic E-state index is 13.1. The van der Waals surface area contributed by atoms with E-state index in [1.165, 1.54) is 12.1 Å². The number of nitro benzene ring substituents is 2. The number of ether oxygens (including phenoxy) is 2. The van der Waals surface area contributed by atoms with Crippen molar-refractivity contribution >= 4 is 60.4 Å². The Hall–Kier alpha value is -3.58. The molecule has 4 N–H and O–H groups in total. The summed E-state index contributed by atoms with van der Waals surface area (Å²) < 4.78 is 78.2. The van der Waals surface area contributed by atoms with E-state index in [1.807, 2.05) is 0 Å². The van der Waals surface area contributed by atoms with Crippen LogP contribution in [0, 0.1) is 20.2 Å². The summed E-state index contributed by atoms with van der Waals surface area (Å²) in [5, 5.41) is 31.1. The first kappa shape index (κ1) is 38.6. The van der Waals surface area contributed by atoms with E-state index < -0.39 is 85.9 Å². The number of hydrazine groups is 2. The fourth-order valence-corrected chi connectivity index (χ4v) is 5.18. The van der Waals surface area contributed by atoms with Crippen LogP contribution in [0.4, 0.5) is 28.4 Å². The molecule has 46 heavy (non-hydrogen) atoms. The van der Waals surface area contributed by atoms with Crippen molar-refractivity contribution in [3.63, 3.8) is 0 Å². The molecule has 0 bridgehead atoms. The van der Waals surface area contributed by atoms with Crippen molar-refractivity contribution in [3.8, 4) is 11.5 Å². The fourth-order valence-electron chi connectivity index (χ4n) is 3.87. The predicted octanol–water partition coefficient (Wildman–Crippen LogP) is -4.28. The number of para-hydroxylation sites is 1. The number of hydrazone groups is 1. The number of nitro groups is 2. The zero-order valence-corrected chi connectivity index (χ0v) is 29.8. The van der Waals surface area contributed by atoms with Gasteiger partial charge < -0.3 is 14.8 Å². The van der Waals surface area contributed by atoms with Crippen molar-refractivity contribution in [1.82, 2.24) is 5.43 Å². The van der Waals surface area contributed by atoms with E-state index >= 15 is 0 Å². The molecule has 1 amide bonds. The van der Waals surface area contributed by atoms with Crippen LogP contribution in [0.25, 0.3) is 0 Å². The average Bonchev–Trinajstić information content (AvgIpc) is 3.40. The Morgan fingerprint density at radius 2 is 1.30 bits per heavy atom. The Morgan fingerprint density at radius 3 is 1.74 bits per heavy atom. The second-order valence-electron chi connectivity index (χ2n) is 8.43. The summed E-state index contributed by atoms with van der Waals surface area (Å²) in [6.07, 6.45) is 0. The topological polar surface area (TPSA) is 273 Å². The van der Waals surface area contributed by atoms with Crippen LogP contribution in [0.3, 0.4) is 0 Å². The average molecular weight is 700 g/mol. The number of rotatable bonds is 10. The minimum Gasteiger partial charge on any atom is -0.494 e. The molecule has 20 nitrogen and oxygen atoms in total. The summed E-state index contributed by atoms with van der Waals surface area (Å²) in [5.41, 5.74) is -0.354. The second kappa shape index (κ2) is 14.9. The Balaban J connectivity index is 0.00000368. The van der Waals surface area contributed by atoms with E-state index in [1.54, 1.807) is 18.2 Å². The van der Waals surface area contributed by atoms with Gasteiger partial charge in [-0.1, -0.05) is 18.2 Å². The fraction of sp³-hybridized carbons (Fsp3) is 0.0909. The molecule has 0 atom stereocenters. The van der Waals surface area contributed by atoms with Crippen molar-refractivity contribution in [2.24, 2.45) is 5.10 Å². The Bertz CT molecular complexity index is 1950. The number of hydrogen-bond donors (Lipinski definition) is 4. The first-order valence-electron chi connectivity index (χ1n) is 11.6. The number of nitrogens with zero attached hydrogens (tertiary/aromatic N) is 5. The normalized spacial score (nSPS) is 12.6. The largest absolute Gasteiger partial charge is 1.00 e. The third kappa shape index (κ3) is 8.03. The van der Waals surface area contributed by atoms with Gasteiger partial charge in [0.15, 0.2) is 21.3 Å². The first-order chi connectivity index (χ1) is 20.6. The van der Waals surface area contributed by atoms with Crippen LogP contribution >= 0.6 is 0 Å². The Kier molecular flexibility index (Phi) is 12.5. The summed E-state index contributed by atoms with van der Waals surface area (Å²) in [7, 11) is -8.44. The summed E-state index contributed by atoms with van der Waals surface area (Å²) >= 11 is 0. The van der Waals surface area contributed by atoms with Gasteiger partial charge in [-0.15, -0.1) is 10.2 Å². The number of benzene rings is 3. The van der Waals surface area contributed by atoms with Gasteiger partial charge in [0.2, 0.25) is 5.84 Å². The minimum absolute atomic E-state index is 0. The predicted molar refractivity (Wildman–Crippen MR) is 150 cm³/mol. The molecule has 1 heterocycles. The van der Waals surface area contributed by atoms with Crippen LogP contribution in [-0.2, 0) is 25.0 Å². The van der Waals surface area contributed by atoms with Gasteiger partial charge in [-0.05, 0) is 24.3 Å². The quantitative estimate of drug-likeness (QED) is 0.0675. The molecule has 1 aliphatic rings. The van der Waals surface area contributed by atoms with Crippen LogP contribution in [-0.4, -0.2) is 61.8 Å². The van der Waals surface area contributed by atoms with Crippen LogP contribution in [0.5, 0.6) is 11.5 Å². The van der Waals surface area contributed by atoms with Gasteiger partial charge in [0.25, 0.3) is 17.3 Å². The molecule has 0 fully saturated rings. The molecule has 0 aliphatic carbocycles. The van der Waals surface area contributed by atoms with E-state index in [4.69, 9.17) is 9.47 Å². The third-order valence-corrected chi connectivity index (χ3v) is 7.52. The molecule has 1 aliphatic heterocycles. The van der Waals surface area contributed by atoms with E-state index in [9.17, 15) is 51.0 Å². The van der Waals surface area contributed by atoms with Gasteiger partial charge in [-0.25, -0.2) is 0 Å². The number of anilines is 3. The van der Waals surface area contributed by atoms with Crippen molar-refractivity contribution in [2.75, 3.05) is 29.8 Å². The summed E-state index contributed by atoms with van der Waals surface area (Å²) in [6, 6.07) is 10.4. The molecule has 0 aromatic heterocycles. The molecule has 0 radical (unpaired) electrons. The smallest absolute Gasteiger partial charge is 0.494 e. The number of methoxy groups -OCH3 is 2. The zero-order valence-electron chi connectivity index (χ0n) is 24.1. The number of nitrogens with one attached hydrogen (secondary N) is 2. The van der Waals surface area contributed by atoms with Crippen LogP contribution in [0.15, 0.2) is 69.5 Å². The number of carbonyl (C=O) groups is 1. The van der Waals surface area contributed by atoms with Crippen LogP contribution < -0.4 is 89.6 Å². The van der Waals surface area contributed by atoms with E-state index in [2.05, 4.69) is 15.8 Å². The second-order valence-corrected chi connectivity index (χ2v) is 11.2. The molecular formula is C22H19N7Na2O13S2+2. The zero-order chi connectivity index (χ0) is 32.6. The van der Waals surface area contributed by atoms with Crippen molar-refractivity contribution < 1.29 is 109 Å². The summed E-state index contributed by atoms with van der Waals surface area (Å²) in [5.74, 6) is -2.36. The Labute approximate surface area is 303 Å². The molecule has 0 spiro atoms. The molecule has 0 saturated heterocycles. The van der Waals surface area contributed by atoms with Gasteiger partial charge in [-0.3, -0.25) is 39.6 Å². The van der Waals surface area contributed by atoms with E-state index in [-0.39, 0.29) is 59.1 Å². The molecule has 24 heteroatoms. The van der Waals surface area contributed by atoms with Crippen molar-refractivity contribution in [2.45, 2.75) is 9.79 Å². The van der Waals surface area contributed by atoms with Gasteiger partial charge in [0.1, 0.15) is 11.4 Å². The molecule has 4 rings (SSSR count). The molecule has 3 aromatic rings. The molecule has 232 valence electrons.